The summed E-state index contributed by atoms with van der Waals surface area (Å²) in [5, 5.41) is 21.4. The topological polar surface area (TPSA) is 98.1 Å². The highest BCUT2D eigenvalue weighted by Gasteiger charge is 2.29. The van der Waals surface area contributed by atoms with Crippen molar-refractivity contribution in [2.45, 2.75) is 25.2 Å². The Morgan fingerprint density at radius 2 is 1.88 bits per heavy atom. The van der Waals surface area contributed by atoms with E-state index in [0.717, 1.165) is 16.6 Å². The molecule has 1 aliphatic rings. The molecule has 4 aromatic rings. The number of aliphatic hydroxyl groups is 1. The molecule has 0 saturated heterocycles. The Bertz CT molecular complexity index is 1340. The molecule has 0 spiro atoms. The minimum Gasteiger partial charge on any atom is -0.493 e. The van der Waals surface area contributed by atoms with E-state index in [1.54, 1.807) is 30.3 Å². The van der Waals surface area contributed by atoms with E-state index in [1.807, 2.05) is 36.4 Å². The van der Waals surface area contributed by atoms with Crippen LogP contribution in [-0.2, 0) is 6.61 Å². The number of fused-ring (bicyclic) bond motifs is 2. The predicted molar refractivity (Wildman–Crippen MR) is 125 cm³/mol. The van der Waals surface area contributed by atoms with Crippen LogP contribution in [0.2, 0.25) is 0 Å². The number of aliphatic hydroxyl groups excluding tert-OH is 1. The highest BCUT2D eigenvalue weighted by Crippen LogP contribution is 2.36. The third-order valence-electron chi connectivity index (χ3n) is 5.72. The van der Waals surface area contributed by atoms with Crippen molar-refractivity contribution in [3.63, 3.8) is 0 Å². The molecular formula is C27H23NO6. The molecule has 2 atom stereocenters. The number of hydrogen-bond donors (Lipinski definition) is 2. The van der Waals surface area contributed by atoms with Crippen molar-refractivity contribution in [1.82, 2.24) is 4.98 Å². The lowest BCUT2D eigenvalue weighted by Gasteiger charge is -2.22. The van der Waals surface area contributed by atoms with Crippen LogP contribution < -0.4 is 14.2 Å². The Hall–Kier alpha value is -4.10. The molecule has 1 aromatic heterocycles. The monoisotopic (exact) mass is 457 g/mol. The zero-order chi connectivity index (χ0) is 23.5. The van der Waals surface area contributed by atoms with E-state index >= 15 is 0 Å². The summed E-state index contributed by atoms with van der Waals surface area (Å²) in [4.78, 5) is 15.9. The maximum atomic E-state index is 11.3. The predicted octanol–water partition coefficient (Wildman–Crippen LogP) is 4.78. The van der Waals surface area contributed by atoms with Crippen molar-refractivity contribution in [2.24, 2.45) is 0 Å². The lowest BCUT2D eigenvalue weighted by molar-refractivity contribution is 0.0310. The molecule has 7 heteroatoms. The third-order valence-corrected chi connectivity index (χ3v) is 5.72. The highest BCUT2D eigenvalue weighted by atomic mass is 16.5. The molecule has 0 saturated carbocycles. The summed E-state index contributed by atoms with van der Waals surface area (Å²) in [7, 11) is 0. The molecule has 0 bridgehead atoms. The van der Waals surface area contributed by atoms with Crippen molar-refractivity contribution in [3.8, 4) is 17.2 Å². The molecule has 0 radical (unpaired) electrons. The van der Waals surface area contributed by atoms with Gasteiger partial charge < -0.3 is 24.4 Å². The molecule has 172 valence electrons. The van der Waals surface area contributed by atoms with Crippen molar-refractivity contribution < 1.29 is 29.2 Å². The number of pyridine rings is 1. The number of carboxylic acids is 1. The molecule has 2 N–H and O–H groups in total. The SMILES string of the molecule is O=C(O)c1cccc(O[C@H]2CCOc3ccc(OCc4ccc5ccccc5n4)cc3[C@H]2O)c1. The lowest BCUT2D eigenvalue weighted by atomic mass is 10.0. The van der Waals surface area contributed by atoms with Gasteiger partial charge in [0.25, 0.3) is 0 Å². The van der Waals surface area contributed by atoms with Crippen LogP contribution in [0.3, 0.4) is 0 Å². The van der Waals surface area contributed by atoms with Crippen molar-refractivity contribution >= 4 is 16.9 Å². The van der Waals surface area contributed by atoms with Crippen LogP contribution in [0.5, 0.6) is 17.2 Å². The molecule has 7 nitrogen and oxygen atoms in total. The second-order valence-corrected chi connectivity index (χ2v) is 8.05. The van der Waals surface area contributed by atoms with Crippen LogP contribution in [0.25, 0.3) is 10.9 Å². The number of hydrogen-bond acceptors (Lipinski definition) is 6. The van der Waals surface area contributed by atoms with Crippen LogP contribution in [0, 0.1) is 0 Å². The first-order valence-corrected chi connectivity index (χ1v) is 11.0. The van der Waals surface area contributed by atoms with E-state index in [2.05, 4.69) is 4.98 Å². The van der Waals surface area contributed by atoms with Crippen molar-refractivity contribution in [1.29, 1.82) is 0 Å². The number of benzene rings is 3. The fraction of sp³-hybridized carbons (Fsp3) is 0.185. The maximum Gasteiger partial charge on any atom is 0.335 e. The Morgan fingerprint density at radius 3 is 2.76 bits per heavy atom. The van der Waals surface area contributed by atoms with Gasteiger partial charge in [-0.1, -0.05) is 30.3 Å². The van der Waals surface area contributed by atoms with Crippen LogP contribution in [0.1, 0.15) is 34.1 Å². The number of ether oxygens (including phenoxy) is 3. The molecule has 0 amide bonds. The highest BCUT2D eigenvalue weighted by molar-refractivity contribution is 5.88. The summed E-state index contributed by atoms with van der Waals surface area (Å²) in [5.74, 6) is 0.476. The standard InChI is InChI=1S/C27H23NO6/c29-26-22-15-20(33-16-19-9-8-17-4-1-2-7-23(17)28-19)10-11-24(22)32-13-12-25(26)34-21-6-3-5-18(14-21)27(30)31/h1-11,14-15,25-26,29H,12-13,16H2,(H,30,31)/t25-,26+/m0/s1. The Morgan fingerprint density at radius 1 is 1.00 bits per heavy atom. The quantitative estimate of drug-likeness (QED) is 0.430. The molecule has 1 aliphatic heterocycles. The molecule has 0 fully saturated rings. The molecule has 5 rings (SSSR count). The van der Waals surface area contributed by atoms with E-state index < -0.39 is 18.2 Å². The normalized spacial score (nSPS) is 17.3. The maximum absolute atomic E-state index is 11.3. The van der Waals surface area contributed by atoms with Gasteiger partial charge in [-0.15, -0.1) is 0 Å². The fourth-order valence-corrected chi connectivity index (χ4v) is 3.97. The molecular weight excluding hydrogens is 434 g/mol. The smallest absolute Gasteiger partial charge is 0.335 e. The van der Waals surface area contributed by atoms with Gasteiger partial charge in [-0.25, -0.2) is 9.78 Å². The Balaban J connectivity index is 1.32. The van der Waals surface area contributed by atoms with E-state index in [-0.39, 0.29) is 12.2 Å². The second-order valence-electron chi connectivity index (χ2n) is 8.05. The van der Waals surface area contributed by atoms with Crippen LogP contribution in [0.15, 0.2) is 78.9 Å². The Labute approximate surface area is 196 Å². The molecule has 34 heavy (non-hydrogen) atoms. The van der Waals surface area contributed by atoms with Crippen molar-refractivity contribution in [2.75, 3.05) is 6.61 Å². The zero-order valence-electron chi connectivity index (χ0n) is 18.3. The summed E-state index contributed by atoms with van der Waals surface area (Å²) in [6.45, 7) is 0.636. The van der Waals surface area contributed by atoms with Crippen molar-refractivity contribution in [3.05, 3.63) is 95.7 Å². The van der Waals surface area contributed by atoms with E-state index in [4.69, 9.17) is 14.2 Å². The van der Waals surface area contributed by atoms with Gasteiger partial charge in [-0.05, 0) is 48.5 Å². The molecule has 0 aliphatic carbocycles. The van der Waals surface area contributed by atoms with Gasteiger partial charge >= 0.3 is 5.97 Å². The van der Waals surface area contributed by atoms with Gasteiger partial charge in [0.2, 0.25) is 0 Å². The first-order valence-electron chi connectivity index (χ1n) is 11.0. The minimum absolute atomic E-state index is 0.121. The molecule has 2 heterocycles. The number of rotatable bonds is 6. The summed E-state index contributed by atoms with van der Waals surface area (Å²) < 4.78 is 17.7. The van der Waals surface area contributed by atoms with E-state index in [9.17, 15) is 15.0 Å². The second kappa shape index (κ2) is 9.41. The average molecular weight is 457 g/mol. The van der Waals surface area contributed by atoms with Gasteiger partial charge in [0.1, 0.15) is 36.1 Å². The van der Waals surface area contributed by atoms with Crippen LogP contribution in [0.4, 0.5) is 0 Å². The number of carboxylic acid groups (broad SMARTS) is 1. The first kappa shape index (κ1) is 21.7. The third kappa shape index (κ3) is 4.65. The Kier molecular flexibility index (Phi) is 6.01. The van der Waals surface area contributed by atoms with Gasteiger partial charge in [0.15, 0.2) is 0 Å². The largest absolute Gasteiger partial charge is 0.493 e. The van der Waals surface area contributed by atoms with Crippen LogP contribution in [-0.4, -0.2) is 33.9 Å². The fourth-order valence-electron chi connectivity index (χ4n) is 3.97. The lowest BCUT2D eigenvalue weighted by Crippen LogP contribution is -2.25. The summed E-state index contributed by atoms with van der Waals surface area (Å²) in [6.07, 6.45) is -1.15. The number of nitrogens with zero attached hydrogens (tertiary/aromatic N) is 1. The average Bonchev–Trinajstić information content (AvgIpc) is 3.01. The van der Waals surface area contributed by atoms with Gasteiger partial charge in [0.05, 0.1) is 23.4 Å². The first-order chi connectivity index (χ1) is 16.6. The summed E-state index contributed by atoms with van der Waals surface area (Å²) in [5.41, 5.74) is 2.38. The summed E-state index contributed by atoms with van der Waals surface area (Å²) >= 11 is 0. The molecule has 3 aromatic carbocycles. The van der Waals surface area contributed by atoms with Gasteiger partial charge in [-0.3, -0.25) is 0 Å². The van der Waals surface area contributed by atoms with Crippen LogP contribution >= 0.6 is 0 Å². The van der Waals surface area contributed by atoms with E-state index in [0.29, 0.717) is 35.8 Å². The van der Waals surface area contributed by atoms with Gasteiger partial charge in [-0.2, -0.15) is 0 Å². The summed E-state index contributed by atoms with van der Waals surface area (Å²) in [6, 6.07) is 23.4. The number of para-hydroxylation sites is 1. The zero-order valence-corrected chi connectivity index (χ0v) is 18.3. The molecule has 0 unspecified atom stereocenters. The number of aromatic carboxylic acids is 1. The van der Waals surface area contributed by atoms with E-state index in [1.165, 1.54) is 12.1 Å². The minimum atomic E-state index is -1.04. The van der Waals surface area contributed by atoms with Gasteiger partial charge in [0, 0.05) is 17.4 Å². The number of aromatic nitrogens is 1. The number of carbonyl (C=O) groups is 1.